The van der Waals surface area contributed by atoms with Gasteiger partial charge in [0.1, 0.15) is 5.02 Å². The lowest BCUT2D eigenvalue weighted by Gasteiger charge is -2.09. The maximum atomic E-state index is 12.5. The molecule has 1 N–H and O–H groups in total. The highest BCUT2D eigenvalue weighted by Gasteiger charge is 2.16. The quantitative estimate of drug-likeness (QED) is 0.428. The highest BCUT2D eigenvalue weighted by atomic mass is 35.5. The maximum Gasteiger partial charge on any atom is 0.289 e. The maximum absolute atomic E-state index is 12.5. The van der Waals surface area contributed by atoms with Crippen molar-refractivity contribution in [2.45, 2.75) is 6.54 Å². The first-order chi connectivity index (χ1) is 13.0. The molecule has 0 fully saturated rings. The smallest absolute Gasteiger partial charge is 0.289 e. The third-order valence-electron chi connectivity index (χ3n) is 4.29. The molecule has 136 valence electrons. The summed E-state index contributed by atoms with van der Waals surface area (Å²) >= 11 is 5.84. The van der Waals surface area contributed by atoms with Crippen LogP contribution in [0, 0.1) is 10.1 Å². The van der Waals surface area contributed by atoms with Crippen LogP contribution >= 0.6 is 11.6 Å². The first kappa shape index (κ1) is 17.0. The summed E-state index contributed by atoms with van der Waals surface area (Å²) in [5, 5.41) is 23.0. The van der Waals surface area contributed by atoms with E-state index in [9.17, 15) is 14.9 Å². The minimum atomic E-state index is -0.538. The van der Waals surface area contributed by atoms with Gasteiger partial charge in [-0.1, -0.05) is 23.7 Å². The molecule has 4 aromatic rings. The third-order valence-corrected chi connectivity index (χ3v) is 4.61. The Morgan fingerprint density at radius 1 is 1.22 bits per heavy atom. The first-order valence-electron chi connectivity index (χ1n) is 7.97. The van der Waals surface area contributed by atoms with Gasteiger partial charge in [0.2, 0.25) is 5.78 Å². The molecule has 0 spiro atoms. The fourth-order valence-corrected chi connectivity index (χ4v) is 3.14. The zero-order valence-electron chi connectivity index (χ0n) is 14.1. The largest absolute Gasteiger partial charge is 0.378 e. The summed E-state index contributed by atoms with van der Waals surface area (Å²) in [5.41, 5.74) is 0.885. The van der Waals surface area contributed by atoms with Crippen LogP contribution in [0.2, 0.25) is 5.02 Å². The number of aromatic nitrogens is 4. The van der Waals surface area contributed by atoms with E-state index in [2.05, 4.69) is 15.5 Å². The number of benzene rings is 2. The van der Waals surface area contributed by atoms with E-state index in [0.29, 0.717) is 28.2 Å². The topological polar surface area (TPSA) is 107 Å². The van der Waals surface area contributed by atoms with Crippen LogP contribution in [0.5, 0.6) is 0 Å². The van der Waals surface area contributed by atoms with Crippen molar-refractivity contribution in [1.29, 1.82) is 0 Å². The molecule has 10 heteroatoms. The van der Waals surface area contributed by atoms with Crippen molar-refractivity contribution < 1.29 is 4.92 Å². The van der Waals surface area contributed by atoms with Crippen molar-refractivity contribution in [3.8, 4) is 0 Å². The van der Waals surface area contributed by atoms with Crippen LogP contribution in [0.4, 0.5) is 11.4 Å². The van der Waals surface area contributed by atoms with Crippen molar-refractivity contribution in [1.82, 2.24) is 19.2 Å². The molecule has 0 unspecified atom stereocenters. The highest BCUT2D eigenvalue weighted by molar-refractivity contribution is 6.32. The monoisotopic (exact) mass is 384 g/mol. The molecule has 4 rings (SSSR count). The van der Waals surface area contributed by atoms with Crippen molar-refractivity contribution in [2.24, 2.45) is 7.05 Å². The number of aryl methyl sites for hydroxylation is 1. The Balaban J connectivity index is 1.77. The van der Waals surface area contributed by atoms with E-state index in [4.69, 9.17) is 11.6 Å². The van der Waals surface area contributed by atoms with E-state index >= 15 is 0 Å². The van der Waals surface area contributed by atoms with Gasteiger partial charge in [0.05, 0.1) is 22.4 Å². The van der Waals surface area contributed by atoms with Gasteiger partial charge < -0.3 is 5.32 Å². The molecular formula is C17H13ClN6O3. The fourth-order valence-electron chi connectivity index (χ4n) is 2.95. The second kappa shape index (κ2) is 6.36. The summed E-state index contributed by atoms with van der Waals surface area (Å²) in [5.74, 6) is 0.979. The number of nitro groups is 1. The van der Waals surface area contributed by atoms with E-state index in [1.807, 2.05) is 12.1 Å². The standard InChI is InChI=1S/C17H13ClN6O3/c1-22-16(25)11-4-2-3-5-13(11)23-15(20-21-17(22)23)9-19-10-6-7-12(18)14(8-10)24(26)27/h2-8,19H,9H2,1H3. The number of rotatable bonds is 4. The van der Waals surface area contributed by atoms with E-state index < -0.39 is 4.92 Å². The number of hydrogen-bond acceptors (Lipinski definition) is 6. The molecular weight excluding hydrogens is 372 g/mol. The van der Waals surface area contributed by atoms with Crippen LogP contribution in [0.25, 0.3) is 16.7 Å². The van der Waals surface area contributed by atoms with E-state index in [-0.39, 0.29) is 22.8 Å². The zero-order chi connectivity index (χ0) is 19.1. The minimum Gasteiger partial charge on any atom is -0.378 e. The number of nitrogens with zero attached hydrogens (tertiary/aromatic N) is 5. The number of nitro benzene ring substituents is 1. The van der Waals surface area contributed by atoms with Crippen LogP contribution in [-0.4, -0.2) is 24.1 Å². The Morgan fingerprint density at radius 3 is 2.78 bits per heavy atom. The predicted octanol–water partition coefficient (Wildman–Crippen LogP) is 2.75. The third kappa shape index (κ3) is 2.77. The van der Waals surface area contributed by atoms with Gasteiger partial charge in [0.15, 0.2) is 5.82 Å². The molecule has 0 atom stereocenters. The number of para-hydroxylation sites is 1. The molecule has 2 aromatic carbocycles. The Bertz CT molecular complexity index is 1260. The molecule has 0 amide bonds. The number of anilines is 1. The molecule has 0 saturated heterocycles. The fraction of sp³-hybridized carbons (Fsp3) is 0.118. The molecule has 2 heterocycles. The van der Waals surface area contributed by atoms with Crippen LogP contribution < -0.4 is 10.9 Å². The van der Waals surface area contributed by atoms with Crippen molar-refractivity contribution in [2.75, 3.05) is 5.32 Å². The van der Waals surface area contributed by atoms with Crippen LogP contribution in [-0.2, 0) is 13.6 Å². The Morgan fingerprint density at radius 2 is 2.00 bits per heavy atom. The van der Waals surface area contributed by atoms with Gasteiger partial charge in [-0.2, -0.15) is 0 Å². The van der Waals surface area contributed by atoms with E-state index in [0.717, 1.165) is 0 Å². The number of hydrogen-bond donors (Lipinski definition) is 1. The lowest BCUT2D eigenvalue weighted by Crippen LogP contribution is -2.20. The predicted molar refractivity (Wildman–Crippen MR) is 101 cm³/mol. The molecule has 9 nitrogen and oxygen atoms in total. The zero-order valence-corrected chi connectivity index (χ0v) is 14.8. The van der Waals surface area contributed by atoms with Crippen molar-refractivity contribution in [3.05, 3.63) is 73.8 Å². The summed E-state index contributed by atoms with van der Waals surface area (Å²) in [6.45, 7) is 0.252. The van der Waals surface area contributed by atoms with Crippen LogP contribution in [0.1, 0.15) is 5.82 Å². The number of nitrogens with one attached hydrogen (secondary N) is 1. The molecule has 27 heavy (non-hydrogen) atoms. The summed E-state index contributed by atoms with van der Waals surface area (Å²) in [6, 6.07) is 11.7. The highest BCUT2D eigenvalue weighted by Crippen LogP contribution is 2.27. The van der Waals surface area contributed by atoms with Gasteiger partial charge in [-0.25, -0.2) is 0 Å². The molecule has 0 bridgehead atoms. The summed E-state index contributed by atoms with van der Waals surface area (Å²) in [7, 11) is 1.64. The number of fused-ring (bicyclic) bond motifs is 3. The van der Waals surface area contributed by atoms with Crippen LogP contribution in [0.15, 0.2) is 47.3 Å². The second-order valence-electron chi connectivity index (χ2n) is 5.91. The summed E-state index contributed by atoms with van der Waals surface area (Å²) in [6.07, 6.45) is 0. The molecule has 0 aliphatic carbocycles. The molecule has 0 radical (unpaired) electrons. The SMILES string of the molecule is Cn1c(=O)c2ccccc2n2c(CNc3ccc(Cl)c([N+](=O)[O-])c3)nnc12. The van der Waals surface area contributed by atoms with Gasteiger partial charge >= 0.3 is 0 Å². The molecule has 2 aromatic heterocycles. The van der Waals surface area contributed by atoms with E-state index in [1.54, 1.807) is 29.6 Å². The van der Waals surface area contributed by atoms with E-state index in [1.165, 1.54) is 16.7 Å². The Labute approximate surface area is 157 Å². The normalized spacial score (nSPS) is 11.2. The molecule has 0 aliphatic rings. The summed E-state index contributed by atoms with van der Waals surface area (Å²) < 4.78 is 3.22. The number of halogens is 1. The van der Waals surface area contributed by atoms with Crippen molar-refractivity contribution >= 4 is 39.7 Å². The van der Waals surface area contributed by atoms with Crippen molar-refractivity contribution in [3.63, 3.8) is 0 Å². The second-order valence-corrected chi connectivity index (χ2v) is 6.32. The summed E-state index contributed by atoms with van der Waals surface area (Å²) in [4.78, 5) is 22.9. The van der Waals surface area contributed by atoms with Gasteiger partial charge in [-0.15, -0.1) is 10.2 Å². The lowest BCUT2D eigenvalue weighted by molar-refractivity contribution is -0.384. The minimum absolute atomic E-state index is 0.0690. The van der Waals surface area contributed by atoms with Gasteiger partial charge in [0.25, 0.3) is 11.2 Å². The first-order valence-corrected chi connectivity index (χ1v) is 8.34. The molecule has 0 aliphatic heterocycles. The lowest BCUT2D eigenvalue weighted by atomic mass is 10.2. The van der Waals surface area contributed by atoms with Gasteiger partial charge in [0, 0.05) is 18.8 Å². The Hall–Kier alpha value is -3.46. The van der Waals surface area contributed by atoms with Gasteiger partial charge in [-0.3, -0.25) is 23.9 Å². The molecule has 0 saturated carbocycles. The van der Waals surface area contributed by atoms with Crippen LogP contribution in [0.3, 0.4) is 0 Å². The average molecular weight is 385 g/mol. The average Bonchev–Trinajstić information content (AvgIpc) is 3.09. The Kier molecular flexibility index (Phi) is 4.00. The van der Waals surface area contributed by atoms with Gasteiger partial charge in [-0.05, 0) is 24.3 Å².